The third-order valence-electron chi connectivity index (χ3n) is 4.54. The Bertz CT molecular complexity index is 1130. The van der Waals surface area contributed by atoms with E-state index >= 15 is 0 Å². The summed E-state index contributed by atoms with van der Waals surface area (Å²) in [6.07, 6.45) is -0.0601. The lowest BCUT2D eigenvalue weighted by molar-refractivity contribution is -0.130. The van der Waals surface area contributed by atoms with Crippen LogP contribution in [0, 0.1) is 5.82 Å². The Hall–Kier alpha value is -2.48. The average molecular weight is 435 g/mol. The molecule has 3 aromatic carbocycles. The Labute approximate surface area is 174 Å². The number of benzene rings is 3. The van der Waals surface area contributed by atoms with Crippen molar-refractivity contribution < 1.29 is 17.6 Å². The van der Waals surface area contributed by atoms with Crippen LogP contribution in [0.1, 0.15) is 12.0 Å². The van der Waals surface area contributed by atoms with Crippen molar-refractivity contribution in [2.75, 3.05) is 13.6 Å². The second kappa shape index (κ2) is 8.90. The van der Waals surface area contributed by atoms with Crippen molar-refractivity contribution in [3.8, 4) is 0 Å². The van der Waals surface area contributed by atoms with Gasteiger partial charge in [-0.2, -0.15) is 0 Å². The van der Waals surface area contributed by atoms with Crippen molar-refractivity contribution in [1.82, 2.24) is 9.62 Å². The van der Waals surface area contributed by atoms with E-state index in [4.69, 9.17) is 11.6 Å². The van der Waals surface area contributed by atoms with Crippen LogP contribution in [-0.4, -0.2) is 32.8 Å². The molecule has 0 bridgehead atoms. The molecule has 0 atom stereocenters. The van der Waals surface area contributed by atoms with Crippen molar-refractivity contribution in [2.45, 2.75) is 17.9 Å². The van der Waals surface area contributed by atoms with Gasteiger partial charge in [0.2, 0.25) is 15.9 Å². The van der Waals surface area contributed by atoms with Crippen LogP contribution in [0.2, 0.25) is 5.02 Å². The number of fused-ring (bicyclic) bond motifs is 1. The van der Waals surface area contributed by atoms with Gasteiger partial charge in [0.1, 0.15) is 5.82 Å². The molecule has 3 rings (SSSR count). The van der Waals surface area contributed by atoms with E-state index in [0.717, 1.165) is 10.8 Å². The zero-order valence-corrected chi connectivity index (χ0v) is 17.3. The largest absolute Gasteiger partial charge is 0.341 e. The molecule has 0 aromatic heterocycles. The lowest BCUT2D eigenvalue weighted by Gasteiger charge is -2.18. The summed E-state index contributed by atoms with van der Waals surface area (Å²) in [5, 5.41) is 1.99. The molecule has 0 saturated heterocycles. The molecular formula is C21H20ClFN2O3S. The number of sulfonamides is 1. The zero-order chi connectivity index (χ0) is 21.0. The zero-order valence-electron chi connectivity index (χ0n) is 15.7. The molecule has 0 spiro atoms. The van der Waals surface area contributed by atoms with E-state index in [0.29, 0.717) is 0 Å². The topological polar surface area (TPSA) is 66.5 Å². The molecule has 0 heterocycles. The van der Waals surface area contributed by atoms with Gasteiger partial charge in [-0.1, -0.05) is 48.0 Å². The highest BCUT2D eigenvalue weighted by Gasteiger charge is 2.17. The molecule has 0 unspecified atom stereocenters. The minimum Gasteiger partial charge on any atom is -0.341 e. The Morgan fingerprint density at radius 3 is 2.52 bits per heavy atom. The maximum absolute atomic E-state index is 13.9. The van der Waals surface area contributed by atoms with Crippen LogP contribution in [0.4, 0.5) is 4.39 Å². The van der Waals surface area contributed by atoms with Gasteiger partial charge in [-0.3, -0.25) is 4.79 Å². The fourth-order valence-corrected chi connectivity index (χ4v) is 4.20. The molecule has 5 nitrogen and oxygen atoms in total. The maximum atomic E-state index is 13.9. The number of carbonyl (C=O) groups excluding carboxylic acids is 1. The summed E-state index contributed by atoms with van der Waals surface area (Å²) in [6.45, 7) is -0.0644. The van der Waals surface area contributed by atoms with Gasteiger partial charge in [-0.25, -0.2) is 17.5 Å². The molecule has 8 heteroatoms. The first kappa shape index (κ1) is 21.2. The summed E-state index contributed by atoms with van der Waals surface area (Å²) in [4.78, 5) is 13.7. The van der Waals surface area contributed by atoms with Gasteiger partial charge in [0.05, 0.1) is 4.90 Å². The normalized spacial score (nSPS) is 11.6. The van der Waals surface area contributed by atoms with Crippen molar-refractivity contribution in [1.29, 1.82) is 0 Å². The van der Waals surface area contributed by atoms with Crippen molar-refractivity contribution in [3.05, 3.63) is 77.1 Å². The Morgan fingerprint density at radius 1 is 1.07 bits per heavy atom. The third-order valence-corrected chi connectivity index (χ3v) is 6.36. The van der Waals surface area contributed by atoms with Gasteiger partial charge in [-0.05, 0) is 35.0 Å². The number of halogens is 2. The van der Waals surface area contributed by atoms with E-state index in [1.807, 2.05) is 24.3 Å². The van der Waals surface area contributed by atoms with Crippen LogP contribution in [0.3, 0.4) is 0 Å². The molecule has 0 radical (unpaired) electrons. The molecule has 0 aliphatic heterocycles. The quantitative estimate of drug-likeness (QED) is 0.612. The van der Waals surface area contributed by atoms with Crippen LogP contribution in [0.15, 0.2) is 65.6 Å². The minimum atomic E-state index is -3.75. The van der Waals surface area contributed by atoms with Crippen molar-refractivity contribution in [2.24, 2.45) is 0 Å². The van der Waals surface area contributed by atoms with Gasteiger partial charge < -0.3 is 4.90 Å². The SMILES string of the molecule is CN(Cc1c(F)cccc1Cl)C(=O)CCNS(=O)(=O)c1ccc2ccccc2c1. The molecule has 0 fully saturated rings. The highest BCUT2D eigenvalue weighted by Crippen LogP contribution is 2.21. The molecule has 1 N–H and O–H groups in total. The number of carbonyl (C=O) groups is 1. The number of hydrogen-bond donors (Lipinski definition) is 1. The Kier molecular flexibility index (Phi) is 6.52. The van der Waals surface area contributed by atoms with Gasteiger partial charge >= 0.3 is 0 Å². The number of rotatable bonds is 7. The van der Waals surface area contributed by atoms with Crippen molar-refractivity contribution in [3.63, 3.8) is 0 Å². The van der Waals surface area contributed by atoms with E-state index < -0.39 is 15.8 Å². The molecule has 152 valence electrons. The van der Waals surface area contributed by atoms with Crippen LogP contribution < -0.4 is 4.72 Å². The lowest BCUT2D eigenvalue weighted by Crippen LogP contribution is -2.32. The standard InChI is InChI=1S/C21H20ClFN2O3S/c1-25(14-18-19(22)7-4-8-20(18)23)21(26)11-12-24-29(27,28)17-10-9-15-5-2-3-6-16(15)13-17/h2-10,13,24H,11-12,14H2,1H3. The molecule has 3 aromatic rings. The summed E-state index contributed by atoms with van der Waals surface area (Å²) >= 11 is 5.98. The summed E-state index contributed by atoms with van der Waals surface area (Å²) < 4.78 is 41.3. The molecule has 0 aliphatic rings. The second-order valence-corrected chi connectivity index (χ2v) is 8.78. The minimum absolute atomic E-state index is 0.00175. The monoisotopic (exact) mass is 434 g/mol. The van der Waals surface area contributed by atoms with Crippen LogP contribution in [0.25, 0.3) is 10.8 Å². The number of nitrogens with zero attached hydrogens (tertiary/aromatic N) is 1. The second-order valence-electron chi connectivity index (χ2n) is 6.61. The smallest absolute Gasteiger partial charge is 0.240 e. The highest BCUT2D eigenvalue weighted by molar-refractivity contribution is 7.89. The predicted octanol–water partition coefficient (Wildman–Crippen LogP) is 3.96. The number of hydrogen-bond acceptors (Lipinski definition) is 3. The van der Waals surface area contributed by atoms with Crippen LogP contribution in [-0.2, 0) is 21.4 Å². The van der Waals surface area contributed by atoms with E-state index in [2.05, 4.69) is 4.72 Å². The Morgan fingerprint density at radius 2 is 1.79 bits per heavy atom. The molecule has 29 heavy (non-hydrogen) atoms. The fourth-order valence-electron chi connectivity index (χ4n) is 2.91. The summed E-state index contributed by atoms with van der Waals surface area (Å²) in [6, 6.07) is 16.6. The molecule has 1 amide bonds. The van der Waals surface area contributed by atoms with Crippen LogP contribution in [0.5, 0.6) is 0 Å². The average Bonchev–Trinajstić information content (AvgIpc) is 2.70. The number of amides is 1. The molecule has 0 saturated carbocycles. The first-order valence-corrected chi connectivity index (χ1v) is 10.8. The molecular weight excluding hydrogens is 415 g/mol. The summed E-state index contributed by atoms with van der Waals surface area (Å²) in [7, 11) is -2.23. The van der Waals surface area contributed by atoms with E-state index in [1.54, 1.807) is 18.2 Å². The van der Waals surface area contributed by atoms with Gasteiger partial charge in [0.25, 0.3) is 0 Å². The fraction of sp³-hybridized carbons (Fsp3) is 0.190. The predicted molar refractivity (Wildman–Crippen MR) is 112 cm³/mol. The highest BCUT2D eigenvalue weighted by atomic mass is 35.5. The van der Waals surface area contributed by atoms with E-state index in [9.17, 15) is 17.6 Å². The van der Waals surface area contributed by atoms with Gasteiger partial charge in [0, 0.05) is 37.1 Å². The van der Waals surface area contributed by atoms with E-state index in [1.165, 1.54) is 30.1 Å². The Balaban J connectivity index is 1.59. The maximum Gasteiger partial charge on any atom is 0.240 e. The number of nitrogens with one attached hydrogen (secondary N) is 1. The third kappa shape index (κ3) is 5.12. The first-order valence-electron chi connectivity index (χ1n) is 8.93. The summed E-state index contributed by atoms with van der Waals surface area (Å²) in [5.74, 6) is -0.820. The lowest BCUT2D eigenvalue weighted by atomic mass is 10.1. The van der Waals surface area contributed by atoms with Crippen molar-refractivity contribution >= 4 is 38.3 Å². The van der Waals surface area contributed by atoms with Gasteiger partial charge in [-0.15, -0.1) is 0 Å². The van der Waals surface area contributed by atoms with E-state index in [-0.39, 0.29) is 40.9 Å². The molecule has 0 aliphatic carbocycles. The first-order chi connectivity index (χ1) is 13.8. The summed E-state index contributed by atoms with van der Waals surface area (Å²) in [5.41, 5.74) is 0.224. The van der Waals surface area contributed by atoms with Gasteiger partial charge in [0.15, 0.2) is 0 Å². The van der Waals surface area contributed by atoms with Crippen LogP contribution >= 0.6 is 11.6 Å².